The number of aromatic nitrogens is 2. The molecule has 154 valence electrons. The van der Waals surface area contributed by atoms with Gasteiger partial charge in [-0.25, -0.2) is 17.8 Å². The van der Waals surface area contributed by atoms with Crippen LogP contribution < -0.4 is 4.72 Å². The Morgan fingerprint density at radius 3 is 2.48 bits per heavy atom. The van der Waals surface area contributed by atoms with Crippen LogP contribution in [0.5, 0.6) is 0 Å². The molecule has 0 bridgehead atoms. The van der Waals surface area contributed by atoms with Crippen LogP contribution in [0.25, 0.3) is 0 Å². The monoisotopic (exact) mass is 447 g/mol. The topological polar surface area (TPSA) is 64.0 Å². The summed E-state index contributed by atoms with van der Waals surface area (Å²) in [7, 11) is -2.94. The first kappa shape index (κ1) is 21.3. The van der Waals surface area contributed by atoms with Crippen LogP contribution >= 0.6 is 11.6 Å². The molecule has 1 heterocycles. The van der Waals surface area contributed by atoms with E-state index < -0.39 is 38.5 Å². The van der Waals surface area contributed by atoms with Crippen LogP contribution in [0.1, 0.15) is 23.0 Å². The number of hydrogen-bond donors (Lipinski definition) is 1. The molecule has 3 aromatic rings. The van der Waals surface area contributed by atoms with E-state index in [0.29, 0.717) is 12.1 Å². The highest BCUT2D eigenvalue weighted by Crippen LogP contribution is 2.34. The Morgan fingerprint density at radius 2 is 1.90 bits per heavy atom. The van der Waals surface area contributed by atoms with E-state index in [9.17, 15) is 26.0 Å². The van der Waals surface area contributed by atoms with Crippen molar-refractivity contribution in [3.05, 3.63) is 82.6 Å². The van der Waals surface area contributed by atoms with E-state index in [2.05, 4.69) is 9.71 Å². The number of hydrogen-bond acceptors (Lipinski definition) is 3. The highest BCUT2D eigenvalue weighted by atomic mass is 35.5. The maximum atomic E-state index is 13.7. The lowest BCUT2D eigenvalue weighted by Gasteiger charge is -2.20. The van der Waals surface area contributed by atoms with Crippen molar-refractivity contribution in [3.8, 4) is 0 Å². The molecule has 0 saturated heterocycles. The van der Waals surface area contributed by atoms with Gasteiger partial charge in [-0.2, -0.15) is 17.9 Å². The number of nitrogens with one attached hydrogen (secondary N) is 1. The molecule has 0 aliphatic carbocycles. The summed E-state index contributed by atoms with van der Waals surface area (Å²) >= 11 is 5.87. The second kappa shape index (κ2) is 7.77. The van der Waals surface area contributed by atoms with Crippen molar-refractivity contribution >= 4 is 21.6 Å². The van der Waals surface area contributed by atoms with Crippen molar-refractivity contribution in [2.45, 2.75) is 17.1 Å². The minimum atomic E-state index is -4.75. The van der Waals surface area contributed by atoms with Gasteiger partial charge in [0.1, 0.15) is 22.6 Å². The van der Waals surface area contributed by atoms with E-state index in [-0.39, 0.29) is 16.4 Å². The van der Waals surface area contributed by atoms with Crippen molar-refractivity contribution in [1.82, 2.24) is 14.3 Å². The number of alkyl halides is 3. The summed E-state index contributed by atoms with van der Waals surface area (Å²) in [6, 6.07) is 5.96. The maximum Gasteiger partial charge on any atom is 0.416 e. The molecule has 1 unspecified atom stereocenters. The summed E-state index contributed by atoms with van der Waals surface area (Å²) in [5.41, 5.74) is -0.951. The molecule has 0 fully saturated rings. The van der Waals surface area contributed by atoms with Crippen LogP contribution in [0.3, 0.4) is 0 Å². The summed E-state index contributed by atoms with van der Waals surface area (Å²) < 4.78 is 82.4. The van der Waals surface area contributed by atoms with Crippen molar-refractivity contribution in [2.75, 3.05) is 0 Å². The standard InChI is InChI=1S/C18H14ClF4N3O2S/c1-26-8-7-24-17(26)16(11-3-2-4-13(20)9-11)25-29(27,28)15-10-12(18(21,22)23)5-6-14(15)19/h2-10,16,25H,1H3. The van der Waals surface area contributed by atoms with Crippen molar-refractivity contribution in [2.24, 2.45) is 7.05 Å². The predicted molar refractivity (Wildman–Crippen MR) is 98.2 cm³/mol. The first-order chi connectivity index (χ1) is 13.5. The van der Waals surface area contributed by atoms with E-state index >= 15 is 0 Å². The molecule has 11 heteroatoms. The van der Waals surface area contributed by atoms with Gasteiger partial charge >= 0.3 is 6.18 Å². The lowest BCUT2D eigenvalue weighted by molar-refractivity contribution is -0.137. The normalized spacial score (nSPS) is 13.4. The molecule has 0 aliphatic heterocycles. The van der Waals surface area contributed by atoms with E-state index in [1.54, 1.807) is 13.2 Å². The molecule has 0 amide bonds. The largest absolute Gasteiger partial charge is 0.416 e. The van der Waals surface area contributed by atoms with Gasteiger partial charge in [0.05, 0.1) is 10.6 Å². The summed E-state index contributed by atoms with van der Waals surface area (Å²) in [6.45, 7) is 0. The molecular formula is C18H14ClF4N3O2S. The first-order valence-electron chi connectivity index (χ1n) is 8.11. The van der Waals surface area contributed by atoms with E-state index in [0.717, 1.165) is 12.1 Å². The summed E-state index contributed by atoms with van der Waals surface area (Å²) in [6.07, 6.45) is -1.79. The third-order valence-corrected chi connectivity index (χ3v) is 6.02. The predicted octanol–water partition coefficient (Wildman–Crippen LogP) is 4.30. The Hall–Kier alpha value is -2.43. The van der Waals surface area contributed by atoms with Crippen LogP contribution in [0.2, 0.25) is 5.02 Å². The summed E-state index contributed by atoms with van der Waals surface area (Å²) in [5, 5.41) is -0.386. The van der Waals surface area contributed by atoms with E-state index in [4.69, 9.17) is 11.6 Å². The summed E-state index contributed by atoms with van der Waals surface area (Å²) in [5.74, 6) is -0.403. The quantitative estimate of drug-likeness (QED) is 0.593. The lowest BCUT2D eigenvalue weighted by atomic mass is 10.1. The minimum Gasteiger partial charge on any atom is -0.336 e. The molecule has 1 N–H and O–H groups in total. The Kier molecular flexibility index (Phi) is 5.70. The molecule has 2 aromatic carbocycles. The van der Waals surface area contributed by atoms with Gasteiger partial charge in [0.25, 0.3) is 0 Å². The third-order valence-electron chi connectivity index (χ3n) is 4.12. The minimum absolute atomic E-state index is 0.210. The summed E-state index contributed by atoms with van der Waals surface area (Å²) in [4.78, 5) is 3.33. The van der Waals surface area contributed by atoms with Crippen LogP contribution in [0.4, 0.5) is 17.6 Å². The second-order valence-corrected chi connectivity index (χ2v) is 8.24. The Labute approximate surface area is 169 Å². The number of halogens is 5. The van der Waals surface area contributed by atoms with Crippen LogP contribution in [-0.2, 0) is 23.2 Å². The van der Waals surface area contributed by atoms with Crippen molar-refractivity contribution < 1.29 is 26.0 Å². The molecule has 0 saturated carbocycles. The molecule has 5 nitrogen and oxygen atoms in total. The fourth-order valence-corrected chi connectivity index (χ4v) is 4.42. The second-order valence-electron chi connectivity index (χ2n) is 6.15. The van der Waals surface area contributed by atoms with Crippen molar-refractivity contribution in [1.29, 1.82) is 0 Å². The van der Waals surface area contributed by atoms with Gasteiger partial charge in [-0.3, -0.25) is 0 Å². The van der Waals surface area contributed by atoms with Gasteiger partial charge in [0.2, 0.25) is 10.0 Å². The molecule has 3 rings (SSSR count). The molecule has 29 heavy (non-hydrogen) atoms. The zero-order chi connectivity index (χ0) is 21.4. The SMILES string of the molecule is Cn1ccnc1C(NS(=O)(=O)c1cc(C(F)(F)F)ccc1Cl)c1cccc(F)c1. The van der Waals surface area contributed by atoms with Gasteiger partial charge in [-0.1, -0.05) is 23.7 Å². The number of sulfonamides is 1. The van der Waals surface area contributed by atoms with Gasteiger partial charge in [0.15, 0.2) is 0 Å². The maximum absolute atomic E-state index is 13.7. The molecular weight excluding hydrogens is 434 g/mol. The van der Waals surface area contributed by atoms with Crippen molar-refractivity contribution in [3.63, 3.8) is 0 Å². The average Bonchev–Trinajstić information content (AvgIpc) is 3.04. The zero-order valence-corrected chi connectivity index (χ0v) is 16.4. The fourth-order valence-electron chi connectivity index (χ4n) is 2.72. The fraction of sp³-hybridized carbons (Fsp3) is 0.167. The molecule has 0 spiro atoms. The third kappa shape index (κ3) is 4.60. The average molecular weight is 448 g/mol. The number of aryl methyl sites for hydroxylation is 1. The van der Waals surface area contributed by atoms with Crippen LogP contribution in [0, 0.1) is 5.82 Å². The van der Waals surface area contributed by atoms with Gasteiger partial charge < -0.3 is 4.57 Å². The number of imidazole rings is 1. The van der Waals surface area contributed by atoms with Gasteiger partial charge in [-0.15, -0.1) is 0 Å². The number of rotatable bonds is 5. The molecule has 0 radical (unpaired) electrons. The van der Waals surface area contributed by atoms with E-state index in [1.165, 1.54) is 29.0 Å². The molecule has 0 aliphatic rings. The number of nitrogens with zero attached hydrogens (tertiary/aromatic N) is 2. The first-order valence-corrected chi connectivity index (χ1v) is 9.97. The molecule has 1 aromatic heterocycles. The Bertz CT molecular complexity index is 1150. The smallest absolute Gasteiger partial charge is 0.336 e. The highest BCUT2D eigenvalue weighted by molar-refractivity contribution is 7.89. The van der Waals surface area contributed by atoms with Crippen LogP contribution in [0.15, 0.2) is 59.8 Å². The van der Waals surface area contributed by atoms with Crippen LogP contribution in [-0.4, -0.2) is 18.0 Å². The Morgan fingerprint density at radius 1 is 1.17 bits per heavy atom. The lowest BCUT2D eigenvalue weighted by Crippen LogP contribution is -2.31. The van der Waals surface area contributed by atoms with Gasteiger partial charge in [0, 0.05) is 19.4 Å². The zero-order valence-electron chi connectivity index (χ0n) is 14.8. The highest BCUT2D eigenvalue weighted by Gasteiger charge is 2.34. The molecule has 1 atom stereocenters. The Balaban J connectivity index is 2.09. The van der Waals surface area contributed by atoms with Gasteiger partial charge in [-0.05, 0) is 35.9 Å². The number of benzene rings is 2. The van der Waals surface area contributed by atoms with E-state index in [1.807, 2.05) is 0 Å².